The van der Waals surface area contributed by atoms with Crippen LogP contribution in [0.4, 0.5) is 0 Å². The maximum atomic E-state index is 12.9. The molecule has 0 saturated heterocycles. The zero-order chi connectivity index (χ0) is 52.0. The van der Waals surface area contributed by atoms with E-state index in [9.17, 15) is 19.5 Å². The number of nitrogens with zero attached hydrogens (tertiary/aromatic N) is 1. The second kappa shape index (κ2) is 53.0. The van der Waals surface area contributed by atoms with Crippen LogP contribution in [0.3, 0.4) is 0 Å². The molecule has 0 amide bonds. The molecule has 0 rings (SSSR count). The fourth-order valence-electron chi connectivity index (χ4n) is 7.97. The van der Waals surface area contributed by atoms with Gasteiger partial charge in [-0.15, -0.1) is 0 Å². The molecule has 0 aliphatic rings. The van der Waals surface area contributed by atoms with Crippen LogP contribution >= 0.6 is 0 Å². The van der Waals surface area contributed by atoms with Crippen molar-refractivity contribution >= 4 is 17.9 Å². The lowest BCUT2D eigenvalue weighted by atomic mass is 10.0. The minimum Gasteiger partial charge on any atom is -0.545 e. The third-order valence-electron chi connectivity index (χ3n) is 12.4. The number of allylic oxidation sites excluding steroid dienone is 12. The van der Waals surface area contributed by atoms with Gasteiger partial charge in [0.2, 0.25) is 0 Å². The SMILES string of the molecule is CC/C=C\C/C=C\C/C=C\C/C=C\CCCCCCCCCCCCCCCCCCCCC(=O)OC(COC(=O)CCCCCCC/C=C\C/C=C\CCCCC)COC(OCC[N+](C)(C)C)C(=O)[O-]. The van der Waals surface area contributed by atoms with Crippen molar-refractivity contribution < 1.29 is 42.9 Å². The Morgan fingerprint density at radius 2 is 0.803 bits per heavy atom. The van der Waals surface area contributed by atoms with E-state index in [1.165, 1.54) is 128 Å². The number of esters is 2. The number of aliphatic carboxylic acids is 1. The van der Waals surface area contributed by atoms with Gasteiger partial charge in [-0.3, -0.25) is 9.59 Å². The van der Waals surface area contributed by atoms with Gasteiger partial charge >= 0.3 is 11.9 Å². The Morgan fingerprint density at radius 1 is 0.437 bits per heavy atom. The normalized spacial score (nSPS) is 13.3. The van der Waals surface area contributed by atoms with Crippen molar-refractivity contribution in [3.05, 3.63) is 72.9 Å². The molecule has 0 aromatic rings. The van der Waals surface area contributed by atoms with Gasteiger partial charge in [0.15, 0.2) is 12.4 Å². The van der Waals surface area contributed by atoms with Crippen LogP contribution in [0.15, 0.2) is 72.9 Å². The Morgan fingerprint density at radius 3 is 1.20 bits per heavy atom. The number of carbonyl (C=O) groups excluding carboxylic acids is 3. The molecule has 0 bridgehead atoms. The molecule has 0 aliphatic carbocycles. The van der Waals surface area contributed by atoms with Crippen LogP contribution in [0.5, 0.6) is 0 Å². The van der Waals surface area contributed by atoms with Gasteiger partial charge < -0.3 is 33.3 Å². The van der Waals surface area contributed by atoms with E-state index in [1.54, 1.807) is 0 Å². The van der Waals surface area contributed by atoms with Crippen molar-refractivity contribution in [1.29, 1.82) is 0 Å². The molecule has 0 aliphatic heterocycles. The van der Waals surface area contributed by atoms with E-state index < -0.39 is 24.3 Å². The van der Waals surface area contributed by atoms with E-state index in [0.717, 1.165) is 83.5 Å². The molecule has 0 radical (unpaired) electrons. The highest BCUT2D eigenvalue weighted by atomic mass is 16.7. The number of carboxylic acids is 1. The van der Waals surface area contributed by atoms with E-state index in [2.05, 4.69) is 86.8 Å². The molecule has 0 spiro atoms. The van der Waals surface area contributed by atoms with Crippen LogP contribution in [0.1, 0.15) is 245 Å². The minimum absolute atomic E-state index is 0.144. The van der Waals surface area contributed by atoms with Crippen molar-refractivity contribution in [3.8, 4) is 0 Å². The lowest BCUT2D eigenvalue weighted by molar-refractivity contribution is -0.870. The fourth-order valence-corrected chi connectivity index (χ4v) is 7.97. The van der Waals surface area contributed by atoms with Crippen LogP contribution in [0.2, 0.25) is 0 Å². The Balaban J connectivity index is 4.14. The summed E-state index contributed by atoms with van der Waals surface area (Å²) in [7, 11) is 5.92. The third kappa shape index (κ3) is 54.3. The highest BCUT2D eigenvalue weighted by molar-refractivity contribution is 5.70. The molecule has 9 heteroatoms. The van der Waals surface area contributed by atoms with Crippen LogP contribution in [-0.4, -0.2) is 82.3 Å². The number of quaternary nitrogens is 1. The molecule has 0 N–H and O–H groups in total. The molecule has 0 aromatic carbocycles. The second-order valence-corrected chi connectivity index (χ2v) is 20.5. The number of likely N-dealkylation sites (N-methyl/N-ethyl adjacent to an activating group) is 1. The number of hydrogen-bond acceptors (Lipinski definition) is 8. The standard InChI is InChI=1S/C62H109NO8/c1-6-8-10-12-14-16-18-20-22-23-24-25-26-27-28-29-30-31-32-33-34-35-36-37-39-41-43-45-47-49-51-53-60(65)71-58(57-70-62(61(66)67)68-55-54-63(3,4)5)56-69-59(64)52-50-48-46-44-42-40-38-21-19-17-15-13-11-9-7-2/h8,10,14-17,20-22,24-25,38,58,62H,6-7,9,11-13,18-19,23,26-37,39-57H2,1-5H3/b10-8-,16-14-,17-15-,22-20-,25-24-,38-21-. The monoisotopic (exact) mass is 996 g/mol. The Hall–Kier alpha value is -3.27. The topological polar surface area (TPSA) is 111 Å². The van der Waals surface area contributed by atoms with E-state index in [0.29, 0.717) is 17.4 Å². The first-order valence-corrected chi connectivity index (χ1v) is 29.1. The van der Waals surface area contributed by atoms with Gasteiger partial charge in [0.1, 0.15) is 13.2 Å². The Kier molecular flexibility index (Phi) is 50.6. The molecule has 2 atom stereocenters. The summed E-state index contributed by atoms with van der Waals surface area (Å²) >= 11 is 0. The number of carboxylic acid groups (broad SMARTS) is 1. The molecule has 0 saturated carbocycles. The largest absolute Gasteiger partial charge is 0.545 e. The minimum atomic E-state index is -1.63. The molecule has 71 heavy (non-hydrogen) atoms. The summed E-state index contributed by atoms with van der Waals surface area (Å²) in [5, 5.41) is 11.8. The predicted octanol–water partition coefficient (Wildman–Crippen LogP) is 15.7. The molecule has 2 unspecified atom stereocenters. The molecule has 0 fully saturated rings. The van der Waals surface area contributed by atoms with Crippen LogP contribution in [-0.2, 0) is 33.3 Å². The van der Waals surface area contributed by atoms with Crippen LogP contribution < -0.4 is 5.11 Å². The highest BCUT2D eigenvalue weighted by Crippen LogP contribution is 2.16. The van der Waals surface area contributed by atoms with Crippen LogP contribution in [0.25, 0.3) is 0 Å². The molecular weight excluding hydrogens is 887 g/mol. The Labute approximate surface area is 437 Å². The summed E-state index contributed by atoms with van der Waals surface area (Å²) in [4.78, 5) is 37.2. The van der Waals surface area contributed by atoms with E-state index >= 15 is 0 Å². The molecule has 410 valence electrons. The fraction of sp³-hybridized carbons (Fsp3) is 0.758. The van der Waals surface area contributed by atoms with Crippen molar-refractivity contribution in [2.24, 2.45) is 0 Å². The van der Waals surface area contributed by atoms with Gasteiger partial charge in [0.05, 0.1) is 40.3 Å². The first-order valence-electron chi connectivity index (χ1n) is 29.1. The summed E-state index contributed by atoms with van der Waals surface area (Å²) in [5.74, 6) is -2.30. The summed E-state index contributed by atoms with van der Waals surface area (Å²) in [5.41, 5.74) is 0. The molecular formula is C62H109NO8. The predicted molar refractivity (Wildman–Crippen MR) is 297 cm³/mol. The summed E-state index contributed by atoms with van der Waals surface area (Å²) in [6.07, 6.45) is 65.3. The number of ether oxygens (including phenoxy) is 4. The summed E-state index contributed by atoms with van der Waals surface area (Å²) in [6.45, 7) is 4.60. The maximum Gasteiger partial charge on any atom is 0.306 e. The zero-order valence-electron chi connectivity index (χ0n) is 46.6. The number of hydrogen-bond donors (Lipinski definition) is 0. The van der Waals surface area contributed by atoms with Gasteiger partial charge in [-0.25, -0.2) is 0 Å². The van der Waals surface area contributed by atoms with Crippen molar-refractivity contribution in [3.63, 3.8) is 0 Å². The van der Waals surface area contributed by atoms with Gasteiger partial charge in [-0.2, -0.15) is 0 Å². The molecule has 0 heterocycles. The molecule has 9 nitrogen and oxygen atoms in total. The average molecular weight is 997 g/mol. The Bertz CT molecular complexity index is 1390. The van der Waals surface area contributed by atoms with Gasteiger partial charge in [0, 0.05) is 12.8 Å². The first kappa shape index (κ1) is 67.7. The van der Waals surface area contributed by atoms with Gasteiger partial charge in [-0.05, 0) is 83.5 Å². The van der Waals surface area contributed by atoms with E-state index in [1.807, 2.05) is 21.1 Å². The maximum absolute atomic E-state index is 12.9. The first-order chi connectivity index (χ1) is 34.6. The quantitative estimate of drug-likeness (QED) is 0.0195. The average Bonchev–Trinajstić information content (AvgIpc) is 3.34. The number of rotatable bonds is 53. The molecule has 0 aromatic heterocycles. The third-order valence-corrected chi connectivity index (χ3v) is 12.4. The summed E-state index contributed by atoms with van der Waals surface area (Å²) < 4.78 is 22.7. The van der Waals surface area contributed by atoms with Crippen molar-refractivity contribution in [2.75, 3.05) is 47.5 Å². The van der Waals surface area contributed by atoms with Gasteiger partial charge in [0.25, 0.3) is 0 Å². The van der Waals surface area contributed by atoms with Crippen molar-refractivity contribution in [2.45, 2.75) is 257 Å². The van der Waals surface area contributed by atoms with E-state index in [4.69, 9.17) is 18.9 Å². The zero-order valence-corrected chi connectivity index (χ0v) is 46.6. The lowest BCUT2D eigenvalue weighted by Crippen LogP contribution is -2.44. The smallest absolute Gasteiger partial charge is 0.306 e. The lowest BCUT2D eigenvalue weighted by Gasteiger charge is -2.26. The van der Waals surface area contributed by atoms with E-state index in [-0.39, 0.29) is 38.6 Å². The van der Waals surface area contributed by atoms with Crippen LogP contribution in [0, 0.1) is 0 Å². The highest BCUT2D eigenvalue weighted by Gasteiger charge is 2.22. The second-order valence-electron chi connectivity index (χ2n) is 20.5. The number of carbonyl (C=O) groups is 3. The van der Waals surface area contributed by atoms with Gasteiger partial charge in [-0.1, -0.05) is 222 Å². The van der Waals surface area contributed by atoms with Crippen molar-refractivity contribution in [1.82, 2.24) is 0 Å². The number of unbranched alkanes of at least 4 members (excludes halogenated alkanes) is 26. The summed E-state index contributed by atoms with van der Waals surface area (Å²) in [6, 6.07) is 0.